The van der Waals surface area contributed by atoms with E-state index in [4.69, 9.17) is 15.9 Å². The van der Waals surface area contributed by atoms with Gasteiger partial charge < -0.3 is 14.8 Å². The highest BCUT2D eigenvalue weighted by molar-refractivity contribution is 7.92. The van der Waals surface area contributed by atoms with E-state index >= 15 is 0 Å². The maximum atomic E-state index is 14.3. The second kappa shape index (κ2) is 11.9. The first kappa shape index (κ1) is 25.8. The number of amides is 1. The summed E-state index contributed by atoms with van der Waals surface area (Å²) in [4.78, 5) is 16.3. The van der Waals surface area contributed by atoms with Crippen molar-refractivity contribution in [1.82, 2.24) is 10.3 Å². The first-order valence-electron chi connectivity index (χ1n) is 9.57. The molecule has 176 valence electrons. The second-order valence-corrected chi connectivity index (χ2v) is 8.49. The van der Waals surface area contributed by atoms with Crippen molar-refractivity contribution in [1.29, 1.82) is 0 Å². The summed E-state index contributed by atoms with van der Waals surface area (Å²) < 4.78 is 62.4. The van der Waals surface area contributed by atoms with Gasteiger partial charge in [0.25, 0.3) is 0 Å². The van der Waals surface area contributed by atoms with E-state index in [1.165, 1.54) is 31.4 Å². The minimum Gasteiger partial charge on any atom is -0.475 e. The Hall–Kier alpha value is -3.49. The molecule has 0 unspecified atom stereocenters. The summed E-state index contributed by atoms with van der Waals surface area (Å²) >= 11 is 0. The molecule has 1 aromatic heterocycles. The largest absolute Gasteiger partial charge is 0.475 e. The third-order valence-electron chi connectivity index (χ3n) is 4.08. The number of alkyl halides is 1. The van der Waals surface area contributed by atoms with Crippen LogP contribution in [0.15, 0.2) is 30.3 Å². The van der Waals surface area contributed by atoms with Crippen molar-refractivity contribution in [2.24, 2.45) is 0 Å². The molecule has 2 aromatic rings. The molecule has 0 radical (unpaired) electrons. The molecule has 33 heavy (non-hydrogen) atoms. The van der Waals surface area contributed by atoms with E-state index in [0.717, 1.165) is 12.3 Å². The van der Waals surface area contributed by atoms with Crippen molar-refractivity contribution in [2.75, 3.05) is 31.3 Å². The van der Waals surface area contributed by atoms with Crippen LogP contribution in [-0.2, 0) is 32.8 Å². The first-order chi connectivity index (χ1) is 15.7. The van der Waals surface area contributed by atoms with Gasteiger partial charge >= 0.3 is 0 Å². The van der Waals surface area contributed by atoms with Gasteiger partial charge in [0.1, 0.15) is 19.1 Å². The average Bonchev–Trinajstić information content (AvgIpc) is 2.77. The number of anilines is 1. The Kier molecular flexibility index (Phi) is 9.32. The standard InChI is InChI=1S/C22H23F2N3O5S/c1-4-16-11-15(12-19(24)21(16)27-33(3,29)30)14-25-20(28)8-6-17-5-7-18(13-23)26-22(17)32-10-9-31-2/h1,5-8,11-12,27H,9-10,13-14H2,2-3H3,(H,25,28)/b8-6+. The van der Waals surface area contributed by atoms with E-state index < -0.39 is 28.4 Å². The molecule has 0 aliphatic carbocycles. The summed E-state index contributed by atoms with van der Waals surface area (Å²) in [5, 5.41) is 2.57. The van der Waals surface area contributed by atoms with Crippen LogP contribution in [0.5, 0.6) is 5.88 Å². The third-order valence-corrected chi connectivity index (χ3v) is 4.66. The van der Waals surface area contributed by atoms with Gasteiger partial charge in [-0.2, -0.15) is 0 Å². The normalized spacial score (nSPS) is 11.2. The summed E-state index contributed by atoms with van der Waals surface area (Å²) in [5.74, 6) is 1.000. The number of methoxy groups -OCH3 is 1. The monoisotopic (exact) mass is 479 g/mol. The Morgan fingerprint density at radius 2 is 2.06 bits per heavy atom. The van der Waals surface area contributed by atoms with Crippen LogP contribution in [-0.4, -0.2) is 45.9 Å². The number of hydrogen-bond acceptors (Lipinski definition) is 6. The van der Waals surface area contributed by atoms with Gasteiger partial charge in [-0.3, -0.25) is 9.52 Å². The lowest BCUT2D eigenvalue weighted by atomic mass is 10.1. The van der Waals surface area contributed by atoms with Gasteiger partial charge in [-0.25, -0.2) is 22.2 Å². The lowest BCUT2D eigenvalue weighted by Gasteiger charge is -2.11. The summed E-state index contributed by atoms with van der Waals surface area (Å²) in [7, 11) is -2.22. The van der Waals surface area contributed by atoms with E-state index in [-0.39, 0.29) is 36.0 Å². The number of carbonyl (C=O) groups is 1. The number of rotatable bonds is 11. The number of pyridine rings is 1. The molecule has 1 heterocycles. The van der Waals surface area contributed by atoms with Crippen LogP contribution in [0, 0.1) is 18.2 Å². The van der Waals surface area contributed by atoms with Gasteiger partial charge in [-0.15, -0.1) is 6.42 Å². The minimum absolute atomic E-state index is 0.00269. The van der Waals surface area contributed by atoms with Gasteiger partial charge in [-0.1, -0.05) is 5.92 Å². The minimum atomic E-state index is -3.73. The highest BCUT2D eigenvalue weighted by Gasteiger charge is 2.14. The first-order valence-corrected chi connectivity index (χ1v) is 11.5. The predicted molar refractivity (Wildman–Crippen MR) is 120 cm³/mol. The highest BCUT2D eigenvalue weighted by Crippen LogP contribution is 2.23. The Morgan fingerprint density at radius 1 is 1.30 bits per heavy atom. The van der Waals surface area contributed by atoms with Crippen molar-refractivity contribution >= 4 is 27.7 Å². The topological polar surface area (TPSA) is 107 Å². The molecule has 2 N–H and O–H groups in total. The zero-order valence-electron chi connectivity index (χ0n) is 18.0. The third kappa shape index (κ3) is 8.17. The zero-order chi connectivity index (χ0) is 24.4. The van der Waals surface area contributed by atoms with Crippen LogP contribution in [0.1, 0.15) is 22.4 Å². The molecule has 0 aliphatic heterocycles. The average molecular weight is 480 g/mol. The number of halogens is 2. The lowest BCUT2D eigenvalue weighted by Crippen LogP contribution is -2.20. The van der Waals surface area contributed by atoms with Crippen molar-refractivity contribution in [3.63, 3.8) is 0 Å². The number of carbonyl (C=O) groups excluding carboxylic acids is 1. The Labute approximate surface area is 191 Å². The number of sulfonamides is 1. The lowest BCUT2D eigenvalue weighted by molar-refractivity contribution is -0.116. The SMILES string of the molecule is C#Cc1cc(CNC(=O)/C=C/c2ccc(CF)nc2OCCOC)cc(F)c1NS(C)(=O)=O. The van der Waals surface area contributed by atoms with Crippen molar-refractivity contribution < 1.29 is 31.5 Å². The van der Waals surface area contributed by atoms with E-state index in [1.54, 1.807) is 6.07 Å². The number of ether oxygens (including phenoxy) is 2. The number of terminal acetylenes is 1. The number of nitrogens with one attached hydrogen (secondary N) is 2. The predicted octanol–water partition coefficient (Wildman–Crippen LogP) is 2.40. The molecule has 2 rings (SSSR count). The molecule has 0 aliphatic rings. The molecule has 11 heteroatoms. The Balaban J connectivity index is 2.10. The molecule has 0 saturated carbocycles. The van der Waals surface area contributed by atoms with Crippen LogP contribution < -0.4 is 14.8 Å². The molecule has 0 atom stereocenters. The maximum Gasteiger partial charge on any atom is 0.244 e. The van der Waals surface area contributed by atoms with Gasteiger partial charge in [0, 0.05) is 25.3 Å². The molecule has 8 nitrogen and oxygen atoms in total. The zero-order valence-corrected chi connectivity index (χ0v) is 18.8. The fourth-order valence-electron chi connectivity index (χ4n) is 2.61. The summed E-state index contributed by atoms with van der Waals surface area (Å²) in [5.41, 5.74) is 0.635. The Morgan fingerprint density at radius 3 is 2.70 bits per heavy atom. The highest BCUT2D eigenvalue weighted by atomic mass is 32.2. The van der Waals surface area contributed by atoms with Crippen molar-refractivity contribution in [3.8, 4) is 18.2 Å². The van der Waals surface area contributed by atoms with Gasteiger partial charge in [0.05, 0.1) is 29.8 Å². The van der Waals surface area contributed by atoms with Crippen LogP contribution in [0.4, 0.5) is 14.5 Å². The molecule has 1 amide bonds. The maximum absolute atomic E-state index is 14.3. The summed E-state index contributed by atoms with van der Waals surface area (Å²) in [6.07, 6.45) is 8.89. The fraction of sp³-hybridized carbons (Fsp3) is 0.273. The van der Waals surface area contributed by atoms with Gasteiger partial charge in [-0.05, 0) is 35.9 Å². The molecule has 0 fully saturated rings. The van der Waals surface area contributed by atoms with Crippen LogP contribution in [0.25, 0.3) is 6.08 Å². The smallest absolute Gasteiger partial charge is 0.244 e. The second-order valence-electron chi connectivity index (χ2n) is 6.74. The van der Waals surface area contributed by atoms with Crippen LogP contribution in [0.3, 0.4) is 0 Å². The van der Waals surface area contributed by atoms with Crippen LogP contribution in [0.2, 0.25) is 0 Å². The molecule has 0 bridgehead atoms. The summed E-state index contributed by atoms with van der Waals surface area (Å²) in [6, 6.07) is 5.49. The van der Waals surface area contributed by atoms with Crippen molar-refractivity contribution in [3.05, 3.63) is 58.5 Å². The molecule has 1 aromatic carbocycles. The van der Waals surface area contributed by atoms with E-state index in [2.05, 4.69) is 16.2 Å². The van der Waals surface area contributed by atoms with Gasteiger partial charge in [0.2, 0.25) is 21.8 Å². The summed E-state index contributed by atoms with van der Waals surface area (Å²) in [6.45, 7) is -0.330. The number of hydrogen-bond donors (Lipinski definition) is 2. The number of benzene rings is 1. The number of nitrogens with zero attached hydrogens (tertiary/aromatic N) is 1. The number of aromatic nitrogens is 1. The van der Waals surface area contributed by atoms with E-state index in [0.29, 0.717) is 17.7 Å². The van der Waals surface area contributed by atoms with E-state index in [1.807, 2.05) is 4.72 Å². The van der Waals surface area contributed by atoms with Crippen LogP contribution >= 0.6 is 0 Å². The molecular weight excluding hydrogens is 456 g/mol. The fourth-order valence-corrected chi connectivity index (χ4v) is 3.19. The Bertz CT molecular complexity index is 1180. The quantitative estimate of drug-likeness (QED) is 0.291. The van der Waals surface area contributed by atoms with Gasteiger partial charge in [0.15, 0.2) is 0 Å². The molecule has 0 saturated heterocycles. The molecule has 0 spiro atoms. The van der Waals surface area contributed by atoms with E-state index in [9.17, 15) is 22.0 Å². The molecular formula is C22H23F2N3O5S. The van der Waals surface area contributed by atoms with Crippen molar-refractivity contribution in [2.45, 2.75) is 13.2 Å².